The zero-order valence-electron chi connectivity index (χ0n) is 20.1. The summed E-state index contributed by atoms with van der Waals surface area (Å²) in [5.74, 6) is 0.265. The summed E-state index contributed by atoms with van der Waals surface area (Å²) in [6.45, 7) is 4.26. The molecule has 3 heterocycles. The van der Waals surface area contributed by atoms with Gasteiger partial charge in [0.15, 0.2) is 4.80 Å². The summed E-state index contributed by atoms with van der Waals surface area (Å²) in [6.07, 6.45) is 1.84. The van der Waals surface area contributed by atoms with Gasteiger partial charge in [-0.3, -0.25) is 9.36 Å². The first kappa shape index (κ1) is 25.4. The second-order valence-electron chi connectivity index (χ2n) is 8.28. The van der Waals surface area contributed by atoms with Gasteiger partial charge in [0.1, 0.15) is 18.4 Å². The highest BCUT2D eigenvalue weighted by Gasteiger charge is 2.33. The van der Waals surface area contributed by atoms with Gasteiger partial charge in [0.05, 0.1) is 26.9 Å². The number of carbonyl (C=O) groups excluding carboxylic acids is 1. The third kappa shape index (κ3) is 5.25. The van der Waals surface area contributed by atoms with Crippen LogP contribution in [-0.4, -0.2) is 17.1 Å². The maximum absolute atomic E-state index is 13.6. The number of aromatic nitrogens is 1. The number of thiophene rings is 1. The molecular formula is C28H23BrN2O4S2. The molecule has 5 rings (SSSR count). The van der Waals surface area contributed by atoms with Crippen LogP contribution in [0.3, 0.4) is 0 Å². The molecular weight excluding hydrogens is 572 g/mol. The van der Waals surface area contributed by atoms with Crippen molar-refractivity contribution in [3.8, 4) is 5.75 Å². The summed E-state index contributed by atoms with van der Waals surface area (Å²) in [7, 11) is 0. The van der Waals surface area contributed by atoms with Crippen molar-refractivity contribution in [2.75, 3.05) is 6.61 Å². The highest BCUT2D eigenvalue weighted by molar-refractivity contribution is 9.10. The van der Waals surface area contributed by atoms with Crippen LogP contribution in [0.2, 0.25) is 0 Å². The van der Waals surface area contributed by atoms with Crippen molar-refractivity contribution in [1.82, 2.24) is 4.57 Å². The van der Waals surface area contributed by atoms with E-state index in [9.17, 15) is 9.59 Å². The molecule has 0 saturated heterocycles. The number of esters is 1. The molecule has 0 unspecified atom stereocenters. The van der Waals surface area contributed by atoms with Crippen LogP contribution < -0.4 is 19.6 Å². The molecule has 0 N–H and O–H groups in total. The lowest BCUT2D eigenvalue weighted by Crippen LogP contribution is -2.39. The van der Waals surface area contributed by atoms with Gasteiger partial charge in [-0.15, -0.1) is 11.3 Å². The average molecular weight is 596 g/mol. The van der Waals surface area contributed by atoms with E-state index >= 15 is 0 Å². The number of benzene rings is 2. The van der Waals surface area contributed by atoms with Crippen molar-refractivity contribution < 1.29 is 14.3 Å². The fourth-order valence-corrected chi connectivity index (χ4v) is 6.50. The Bertz CT molecular complexity index is 1650. The predicted molar refractivity (Wildman–Crippen MR) is 150 cm³/mol. The first-order valence-electron chi connectivity index (χ1n) is 11.7. The SMILES string of the molecule is CCOC(=O)C1=C(C)N=c2s/c(=C\c3ccc(OCc4ccccc4)c(Br)c3)c(=O)n2[C@H]1c1cccs1. The third-order valence-corrected chi connectivity index (χ3v) is 8.35. The Balaban J connectivity index is 1.51. The molecule has 188 valence electrons. The van der Waals surface area contributed by atoms with Gasteiger partial charge >= 0.3 is 5.97 Å². The monoisotopic (exact) mass is 594 g/mol. The Morgan fingerprint density at radius 1 is 1.16 bits per heavy atom. The van der Waals surface area contributed by atoms with Crippen LogP contribution in [0.5, 0.6) is 5.75 Å². The van der Waals surface area contributed by atoms with Crippen LogP contribution in [0, 0.1) is 0 Å². The molecule has 37 heavy (non-hydrogen) atoms. The molecule has 4 aromatic rings. The topological polar surface area (TPSA) is 69.9 Å². The smallest absolute Gasteiger partial charge is 0.338 e. The largest absolute Gasteiger partial charge is 0.488 e. The van der Waals surface area contributed by atoms with Crippen molar-refractivity contribution in [3.05, 3.63) is 117 Å². The number of ether oxygens (including phenoxy) is 2. The van der Waals surface area contributed by atoms with Gasteiger partial charge in [-0.2, -0.15) is 0 Å². The van der Waals surface area contributed by atoms with E-state index in [2.05, 4.69) is 20.9 Å². The minimum atomic E-state index is -0.571. The third-order valence-electron chi connectivity index (χ3n) is 5.82. The molecule has 6 nitrogen and oxygen atoms in total. The molecule has 0 aliphatic carbocycles. The molecule has 9 heteroatoms. The van der Waals surface area contributed by atoms with E-state index in [0.717, 1.165) is 26.2 Å². The molecule has 0 saturated carbocycles. The zero-order valence-corrected chi connectivity index (χ0v) is 23.4. The molecule has 1 aliphatic rings. The lowest BCUT2D eigenvalue weighted by molar-refractivity contribution is -0.139. The Morgan fingerprint density at radius 2 is 1.97 bits per heavy atom. The van der Waals surface area contributed by atoms with Crippen LogP contribution in [-0.2, 0) is 16.1 Å². The summed E-state index contributed by atoms with van der Waals surface area (Å²) in [4.78, 5) is 32.6. The van der Waals surface area contributed by atoms with Crippen molar-refractivity contribution in [2.45, 2.75) is 26.5 Å². The van der Waals surface area contributed by atoms with Gasteiger partial charge in [-0.25, -0.2) is 9.79 Å². The van der Waals surface area contributed by atoms with Crippen LogP contribution in [0.25, 0.3) is 6.08 Å². The summed E-state index contributed by atoms with van der Waals surface area (Å²) < 4.78 is 14.2. The molecule has 0 fully saturated rings. The fourth-order valence-electron chi connectivity index (χ4n) is 4.12. The van der Waals surface area contributed by atoms with Gasteiger partial charge in [0.25, 0.3) is 5.56 Å². The number of thiazole rings is 1. The molecule has 0 radical (unpaired) electrons. The van der Waals surface area contributed by atoms with Crippen molar-refractivity contribution in [2.24, 2.45) is 4.99 Å². The highest BCUT2D eigenvalue weighted by Crippen LogP contribution is 2.33. The second kappa shape index (κ2) is 11.0. The normalized spacial score (nSPS) is 15.3. The molecule has 0 amide bonds. The van der Waals surface area contributed by atoms with Crippen LogP contribution in [0.4, 0.5) is 0 Å². The fraction of sp³-hybridized carbons (Fsp3) is 0.179. The van der Waals surface area contributed by atoms with Gasteiger partial charge in [0, 0.05) is 4.88 Å². The van der Waals surface area contributed by atoms with E-state index in [1.807, 2.05) is 72.1 Å². The predicted octanol–water partition coefficient (Wildman–Crippen LogP) is 5.20. The quantitative estimate of drug-likeness (QED) is 0.276. The first-order valence-corrected chi connectivity index (χ1v) is 14.1. The van der Waals surface area contributed by atoms with E-state index in [4.69, 9.17) is 9.47 Å². The van der Waals surface area contributed by atoms with E-state index in [0.29, 0.717) is 27.2 Å². The van der Waals surface area contributed by atoms with Crippen molar-refractivity contribution in [3.63, 3.8) is 0 Å². The summed E-state index contributed by atoms with van der Waals surface area (Å²) in [5.41, 5.74) is 2.69. The summed E-state index contributed by atoms with van der Waals surface area (Å²) in [5, 5.41) is 1.93. The molecule has 0 bridgehead atoms. The highest BCUT2D eigenvalue weighted by atomic mass is 79.9. The Hall–Kier alpha value is -3.27. The molecule has 2 aromatic carbocycles. The Morgan fingerprint density at radius 3 is 2.68 bits per heavy atom. The Kier molecular flexibility index (Phi) is 7.55. The minimum Gasteiger partial charge on any atom is -0.488 e. The van der Waals surface area contributed by atoms with Crippen LogP contribution in [0.15, 0.2) is 91.6 Å². The number of allylic oxidation sites excluding steroid dienone is 1. The molecule has 0 spiro atoms. The summed E-state index contributed by atoms with van der Waals surface area (Å²) >= 11 is 6.39. The van der Waals surface area contributed by atoms with E-state index in [1.54, 1.807) is 18.4 Å². The molecule has 2 aromatic heterocycles. The maximum Gasteiger partial charge on any atom is 0.338 e. The Labute approximate surface area is 230 Å². The van der Waals surface area contributed by atoms with E-state index in [1.165, 1.54) is 22.7 Å². The van der Waals surface area contributed by atoms with Gasteiger partial charge in [-0.05, 0) is 70.6 Å². The number of nitrogens with zero attached hydrogens (tertiary/aromatic N) is 2. The lowest BCUT2D eigenvalue weighted by Gasteiger charge is -2.23. The first-order chi connectivity index (χ1) is 18.0. The number of hydrogen-bond donors (Lipinski definition) is 0. The standard InChI is InChI=1S/C28H23BrN2O4S2/c1-3-34-27(33)24-17(2)30-28-31(25(24)22-10-7-13-36-22)26(32)23(37-28)15-19-11-12-21(20(29)14-19)35-16-18-8-5-4-6-9-18/h4-15,25H,3,16H2,1-2H3/b23-15-/t25-/m0/s1. The van der Waals surface area contributed by atoms with Crippen molar-refractivity contribution >= 4 is 50.6 Å². The lowest BCUT2D eigenvalue weighted by atomic mass is 10.0. The number of halogens is 1. The number of rotatable bonds is 7. The number of fused-ring (bicyclic) bond motifs is 1. The molecule has 1 atom stereocenters. The van der Waals surface area contributed by atoms with Crippen LogP contribution in [0.1, 0.15) is 35.9 Å². The maximum atomic E-state index is 13.6. The second-order valence-corrected chi connectivity index (χ2v) is 11.1. The van der Waals surface area contributed by atoms with E-state index in [-0.39, 0.29) is 12.2 Å². The summed E-state index contributed by atoms with van der Waals surface area (Å²) in [6, 6.07) is 18.9. The van der Waals surface area contributed by atoms with E-state index < -0.39 is 12.0 Å². The average Bonchev–Trinajstić information content (AvgIpc) is 3.52. The van der Waals surface area contributed by atoms with Crippen LogP contribution >= 0.6 is 38.6 Å². The van der Waals surface area contributed by atoms with Gasteiger partial charge in [-0.1, -0.05) is 53.8 Å². The number of hydrogen-bond acceptors (Lipinski definition) is 7. The minimum absolute atomic E-state index is 0.197. The van der Waals surface area contributed by atoms with Crippen molar-refractivity contribution in [1.29, 1.82) is 0 Å². The molecule has 1 aliphatic heterocycles. The van der Waals surface area contributed by atoms with Gasteiger partial charge < -0.3 is 9.47 Å². The zero-order chi connectivity index (χ0) is 25.9. The van der Waals surface area contributed by atoms with Gasteiger partial charge in [0.2, 0.25) is 0 Å². The number of carbonyl (C=O) groups is 1.